The van der Waals surface area contributed by atoms with E-state index < -0.39 is 0 Å². The van der Waals surface area contributed by atoms with E-state index in [0.29, 0.717) is 0 Å². The lowest BCUT2D eigenvalue weighted by Gasteiger charge is -2.22. The first-order valence-electron chi connectivity index (χ1n) is 5.85. The van der Waals surface area contributed by atoms with E-state index in [9.17, 15) is 0 Å². The summed E-state index contributed by atoms with van der Waals surface area (Å²) in [7, 11) is 2.00. The Morgan fingerprint density at radius 2 is 2.35 bits per heavy atom. The Labute approximate surface area is 109 Å². The maximum Gasteiger partial charge on any atom is 0.114 e. The largest absolute Gasteiger partial charge is 0.496 e. The van der Waals surface area contributed by atoms with Crippen LogP contribution in [-0.2, 0) is 4.74 Å². The zero-order chi connectivity index (χ0) is 11.7. The average Bonchev–Trinajstić information content (AvgIpc) is 2.92. The molecule has 0 bridgehead atoms. The van der Waals surface area contributed by atoms with Crippen molar-refractivity contribution in [2.45, 2.75) is 18.9 Å². The number of likely N-dealkylation sites (N-methyl/N-ethyl adjacent to an activating group) is 1. The van der Waals surface area contributed by atoms with E-state index in [4.69, 9.17) is 4.74 Å². The highest BCUT2D eigenvalue weighted by Gasteiger charge is 2.20. The van der Waals surface area contributed by atoms with Crippen LogP contribution in [0.25, 0.3) is 9.40 Å². The molecule has 0 amide bonds. The molecule has 17 heavy (non-hydrogen) atoms. The van der Waals surface area contributed by atoms with Crippen LogP contribution in [0.3, 0.4) is 0 Å². The van der Waals surface area contributed by atoms with Crippen LogP contribution in [0, 0.1) is 0 Å². The molecule has 0 saturated carbocycles. The van der Waals surface area contributed by atoms with Gasteiger partial charge in [0.25, 0.3) is 0 Å². The molecule has 1 aliphatic heterocycles. The van der Waals surface area contributed by atoms with Crippen molar-refractivity contribution < 1.29 is 4.74 Å². The number of hydrogen-bond donors (Lipinski definition) is 1. The first kappa shape index (κ1) is 11.3. The molecule has 0 radical (unpaired) electrons. The van der Waals surface area contributed by atoms with Crippen molar-refractivity contribution in [1.82, 2.24) is 5.32 Å². The quantitative estimate of drug-likeness (QED) is 0.908. The Morgan fingerprint density at radius 3 is 3.06 bits per heavy atom. The summed E-state index contributed by atoms with van der Waals surface area (Å²) in [6.07, 6.45) is 4.49. The molecule has 0 aromatic carbocycles. The lowest BCUT2D eigenvalue weighted by atomic mass is 10.1. The molecular weight excluding hydrogens is 250 g/mol. The fraction of sp³-hybridized carbons (Fsp3) is 0.385. The van der Waals surface area contributed by atoms with Crippen molar-refractivity contribution in [3.63, 3.8) is 0 Å². The molecule has 0 spiro atoms. The molecule has 2 nitrogen and oxygen atoms in total. The Kier molecular flexibility index (Phi) is 3.18. The first-order valence-corrected chi connectivity index (χ1v) is 7.55. The monoisotopic (exact) mass is 265 g/mol. The predicted octanol–water partition coefficient (Wildman–Crippen LogP) is 3.92. The van der Waals surface area contributed by atoms with E-state index in [-0.39, 0.29) is 6.04 Å². The number of hydrogen-bond acceptors (Lipinski definition) is 4. The lowest BCUT2D eigenvalue weighted by Crippen LogP contribution is -2.21. The molecule has 3 rings (SSSR count). The highest BCUT2D eigenvalue weighted by atomic mass is 32.1. The Bertz CT molecular complexity index is 512. The number of thiophene rings is 2. The van der Waals surface area contributed by atoms with Crippen LogP contribution >= 0.6 is 22.7 Å². The summed E-state index contributed by atoms with van der Waals surface area (Å²) in [5.74, 6) is 1.09. The highest BCUT2D eigenvalue weighted by Crippen LogP contribution is 2.36. The maximum atomic E-state index is 5.77. The molecule has 1 unspecified atom stereocenters. The molecule has 1 aliphatic rings. The summed E-state index contributed by atoms with van der Waals surface area (Å²) in [5, 5.41) is 5.51. The maximum absolute atomic E-state index is 5.77. The second-order valence-corrected chi connectivity index (χ2v) is 6.18. The van der Waals surface area contributed by atoms with Gasteiger partial charge in [0, 0.05) is 14.3 Å². The van der Waals surface area contributed by atoms with Crippen LogP contribution < -0.4 is 5.32 Å². The van der Waals surface area contributed by atoms with Crippen molar-refractivity contribution in [3.8, 4) is 0 Å². The number of nitrogens with one attached hydrogen (secondary N) is 1. The minimum atomic E-state index is 0.222. The second kappa shape index (κ2) is 4.80. The Balaban J connectivity index is 1.94. The van der Waals surface area contributed by atoms with Crippen LogP contribution in [0.1, 0.15) is 23.8 Å². The number of allylic oxidation sites excluding steroid dienone is 1. The third-order valence-electron chi connectivity index (χ3n) is 2.98. The molecule has 2 aromatic heterocycles. The van der Waals surface area contributed by atoms with Gasteiger partial charge in [-0.05, 0) is 43.5 Å². The first-order chi connectivity index (χ1) is 8.38. The van der Waals surface area contributed by atoms with E-state index in [1.807, 2.05) is 18.4 Å². The fourth-order valence-electron chi connectivity index (χ4n) is 2.13. The molecule has 4 heteroatoms. The average molecular weight is 265 g/mol. The van der Waals surface area contributed by atoms with Gasteiger partial charge in [-0.2, -0.15) is 0 Å². The molecule has 2 aromatic rings. The van der Waals surface area contributed by atoms with Gasteiger partial charge in [0.05, 0.1) is 12.6 Å². The van der Waals surface area contributed by atoms with Crippen molar-refractivity contribution in [1.29, 1.82) is 0 Å². The van der Waals surface area contributed by atoms with Crippen LogP contribution in [0.4, 0.5) is 0 Å². The summed E-state index contributed by atoms with van der Waals surface area (Å²) in [4.78, 5) is 1.35. The van der Waals surface area contributed by atoms with Crippen molar-refractivity contribution in [2.75, 3.05) is 13.7 Å². The summed E-state index contributed by atoms with van der Waals surface area (Å²) in [6.45, 7) is 0.851. The lowest BCUT2D eigenvalue weighted by molar-refractivity contribution is 0.170. The molecule has 90 valence electrons. The molecule has 0 aliphatic carbocycles. The molecule has 0 saturated heterocycles. The van der Waals surface area contributed by atoms with E-state index in [1.54, 1.807) is 11.3 Å². The molecule has 1 N–H and O–H groups in total. The minimum absolute atomic E-state index is 0.222. The highest BCUT2D eigenvalue weighted by molar-refractivity contribution is 7.27. The predicted molar refractivity (Wildman–Crippen MR) is 74.8 cm³/mol. The molecule has 3 heterocycles. The van der Waals surface area contributed by atoms with Gasteiger partial charge in [-0.3, -0.25) is 0 Å². The zero-order valence-electron chi connectivity index (χ0n) is 9.73. The molecular formula is C13H15NOS2. The molecule has 0 fully saturated rings. The van der Waals surface area contributed by atoms with Gasteiger partial charge in [0.2, 0.25) is 0 Å². The molecule has 1 atom stereocenters. The number of rotatable bonds is 3. The minimum Gasteiger partial charge on any atom is -0.496 e. The third-order valence-corrected chi connectivity index (χ3v) is 5.14. The summed E-state index contributed by atoms with van der Waals surface area (Å²) in [5.41, 5.74) is 0. The van der Waals surface area contributed by atoms with Crippen LogP contribution in [-0.4, -0.2) is 13.7 Å². The Morgan fingerprint density at radius 1 is 1.41 bits per heavy atom. The third kappa shape index (κ3) is 2.12. The standard InChI is InChI=1S/C13H15NOS2/c1-14-13(9-4-2-3-6-15-9)12-8-11-10(17-12)5-7-16-11/h4-5,7-8,13-14H,2-3,6H2,1H3. The number of ether oxygens (including phenoxy) is 1. The second-order valence-electron chi connectivity index (χ2n) is 4.12. The van der Waals surface area contributed by atoms with Gasteiger partial charge in [-0.15, -0.1) is 22.7 Å². The topological polar surface area (TPSA) is 21.3 Å². The van der Waals surface area contributed by atoms with Crippen molar-refractivity contribution in [3.05, 3.63) is 34.2 Å². The van der Waals surface area contributed by atoms with Gasteiger partial charge in [-0.1, -0.05) is 0 Å². The van der Waals surface area contributed by atoms with Gasteiger partial charge < -0.3 is 10.1 Å². The zero-order valence-corrected chi connectivity index (χ0v) is 11.4. The smallest absolute Gasteiger partial charge is 0.114 e. The van der Waals surface area contributed by atoms with Crippen molar-refractivity contribution in [2.24, 2.45) is 0 Å². The SMILES string of the molecule is CNC(C1=CCCCO1)c1cc2sccc2s1. The van der Waals surface area contributed by atoms with Crippen molar-refractivity contribution >= 4 is 32.1 Å². The fourth-order valence-corrected chi connectivity index (χ4v) is 4.37. The van der Waals surface area contributed by atoms with Gasteiger partial charge in [0.15, 0.2) is 0 Å². The number of fused-ring (bicyclic) bond motifs is 1. The summed E-state index contributed by atoms with van der Waals surface area (Å²) < 4.78 is 8.52. The van der Waals surface area contributed by atoms with Crippen LogP contribution in [0.5, 0.6) is 0 Å². The van der Waals surface area contributed by atoms with E-state index in [1.165, 1.54) is 14.3 Å². The van der Waals surface area contributed by atoms with Gasteiger partial charge in [-0.25, -0.2) is 0 Å². The van der Waals surface area contributed by atoms with E-state index >= 15 is 0 Å². The van der Waals surface area contributed by atoms with E-state index in [0.717, 1.165) is 25.2 Å². The van der Waals surface area contributed by atoms with Gasteiger partial charge in [0.1, 0.15) is 5.76 Å². The normalized spacial score (nSPS) is 17.8. The van der Waals surface area contributed by atoms with Gasteiger partial charge >= 0.3 is 0 Å². The van der Waals surface area contributed by atoms with E-state index in [2.05, 4.69) is 28.9 Å². The summed E-state index contributed by atoms with van der Waals surface area (Å²) in [6, 6.07) is 4.70. The van der Waals surface area contributed by atoms with Crippen LogP contribution in [0.15, 0.2) is 29.3 Å². The van der Waals surface area contributed by atoms with Crippen LogP contribution in [0.2, 0.25) is 0 Å². The Hall–Kier alpha value is -0.840. The summed E-state index contributed by atoms with van der Waals surface area (Å²) >= 11 is 3.66.